The van der Waals surface area contributed by atoms with Crippen LogP contribution in [0.2, 0.25) is 0 Å². The highest BCUT2D eigenvalue weighted by Crippen LogP contribution is 2.26. The number of carboxylic acid groups (broad SMARTS) is 1. The summed E-state index contributed by atoms with van der Waals surface area (Å²) >= 11 is 0. The summed E-state index contributed by atoms with van der Waals surface area (Å²) in [4.78, 5) is 18.9. The minimum absolute atomic E-state index is 0.000154. The number of hydrogen-bond donors (Lipinski definition) is 1. The Balaban J connectivity index is 1.98. The number of aromatic carboxylic acids is 1. The molecule has 3 aromatic rings. The maximum Gasteiger partial charge on any atom is 0.341 e. The largest absolute Gasteiger partial charge is 0.477 e. The number of aromatic nitrogens is 2. The second kappa shape index (κ2) is 4.41. The van der Waals surface area contributed by atoms with E-state index in [-0.39, 0.29) is 11.4 Å². The Morgan fingerprint density at radius 1 is 1.26 bits per heavy atom. The Hall–Kier alpha value is -2.89. The van der Waals surface area contributed by atoms with E-state index in [1.54, 1.807) is 18.2 Å². The van der Waals surface area contributed by atoms with Crippen molar-refractivity contribution in [1.29, 1.82) is 0 Å². The number of fused-ring (bicyclic) bond motifs is 1. The summed E-state index contributed by atoms with van der Waals surface area (Å²) in [5.74, 6) is -0.622. The average Bonchev–Trinajstić information content (AvgIpc) is 2.86. The smallest absolute Gasteiger partial charge is 0.341 e. The summed E-state index contributed by atoms with van der Waals surface area (Å²) in [6.07, 6.45) is 2.80. The molecule has 0 spiro atoms. The molecule has 6 nitrogen and oxygen atoms in total. The summed E-state index contributed by atoms with van der Waals surface area (Å²) in [6.45, 7) is 0. The lowest BCUT2D eigenvalue weighted by Crippen LogP contribution is -2.01. The second-order valence-electron chi connectivity index (χ2n) is 3.75. The van der Waals surface area contributed by atoms with Gasteiger partial charge in [0.25, 0.3) is 0 Å². The van der Waals surface area contributed by atoms with Gasteiger partial charge in [0, 0.05) is 12.3 Å². The van der Waals surface area contributed by atoms with Gasteiger partial charge in [-0.15, -0.1) is 0 Å². The molecule has 0 radical (unpaired) electrons. The first-order valence-electron chi connectivity index (χ1n) is 5.43. The predicted octanol–water partition coefficient (Wildman–Crippen LogP) is 2.71. The monoisotopic (exact) mass is 256 g/mol. The van der Waals surface area contributed by atoms with Crippen molar-refractivity contribution in [1.82, 2.24) is 9.97 Å². The van der Waals surface area contributed by atoms with E-state index in [1.165, 1.54) is 24.7 Å². The number of nitrogens with zero attached hydrogens (tertiary/aromatic N) is 2. The van der Waals surface area contributed by atoms with Gasteiger partial charge in [0.05, 0.1) is 0 Å². The fraction of sp³-hybridized carbons (Fsp3) is 0. The molecule has 1 N–H and O–H groups in total. The van der Waals surface area contributed by atoms with E-state index < -0.39 is 5.97 Å². The van der Waals surface area contributed by atoms with E-state index >= 15 is 0 Å². The normalized spacial score (nSPS) is 10.5. The van der Waals surface area contributed by atoms with Crippen LogP contribution in [0.3, 0.4) is 0 Å². The van der Waals surface area contributed by atoms with Gasteiger partial charge in [0.15, 0.2) is 12.0 Å². The van der Waals surface area contributed by atoms with Crippen molar-refractivity contribution < 1.29 is 19.1 Å². The van der Waals surface area contributed by atoms with Gasteiger partial charge in [-0.1, -0.05) is 0 Å². The van der Waals surface area contributed by atoms with Crippen LogP contribution < -0.4 is 4.74 Å². The van der Waals surface area contributed by atoms with Gasteiger partial charge in [0.1, 0.15) is 16.8 Å². The molecule has 0 saturated heterocycles. The van der Waals surface area contributed by atoms with Crippen molar-refractivity contribution in [3.05, 3.63) is 48.5 Å². The number of carbonyl (C=O) groups is 1. The first-order chi connectivity index (χ1) is 9.24. The second-order valence-corrected chi connectivity index (χ2v) is 3.75. The third-order valence-corrected chi connectivity index (χ3v) is 2.52. The Kier molecular flexibility index (Phi) is 2.60. The maximum absolute atomic E-state index is 11.0. The molecule has 1 aromatic carbocycles. The van der Waals surface area contributed by atoms with Gasteiger partial charge < -0.3 is 14.3 Å². The highest BCUT2D eigenvalue weighted by atomic mass is 16.5. The molecule has 0 atom stereocenters. The molecule has 19 heavy (non-hydrogen) atoms. The number of pyridine rings is 1. The average molecular weight is 256 g/mol. The highest BCUT2D eigenvalue weighted by molar-refractivity contribution is 5.90. The van der Waals surface area contributed by atoms with Gasteiger partial charge in [-0.25, -0.2) is 14.8 Å². The van der Waals surface area contributed by atoms with Crippen LogP contribution >= 0.6 is 0 Å². The Labute approximate surface area is 107 Å². The molecule has 2 heterocycles. The lowest BCUT2D eigenvalue weighted by molar-refractivity contribution is 0.0693. The Morgan fingerprint density at radius 2 is 2.16 bits per heavy atom. The van der Waals surface area contributed by atoms with Crippen molar-refractivity contribution in [2.75, 3.05) is 0 Å². The highest BCUT2D eigenvalue weighted by Gasteiger charge is 2.13. The van der Waals surface area contributed by atoms with Crippen LogP contribution in [0.15, 0.2) is 47.3 Å². The number of rotatable bonds is 3. The zero-order valence-electron chi connectivity index (χ0n) is 9.61. The first-order valence-corrected chi connectivity index (χ1v) is 5.43. The van der Waals surface area contributed by atoms with Crippen LogP contribution in [0.25, 0.3) is 11.1 Å². The van der Waals surface area contributed by atoms with Gasteiger partial charge >= 0.3 is 5.97 Å². The van der Waals surface area contributed by atoms with E-state index in [0.717, 1.165) is 0 Å². The van der Waals surface area contributed by atoms with Crippen LogP contribution in [0, 0.1) is 0 Å². The molecule has 0 aliphatic heterocycles. The standard InChI is InChI=1S/C13H8N2O4/c16-13(17)9-2-1-5-14-12(9)19-8-3-4-10-11(6-8)18-7-15-10/h1-7H,(H,16,17). The lowest BCUT2D eigenvalue weighted by atomic mass is 10.2. The lowest BCUT2D eigenvalue weighted by Gasteiger charge is -2.06. The van der Waals surface area contributed by atoms with Gasteiger partial charge in [-0.3, -0.25) is 0 Å². The van der Waals surface area contributed by atoms with Crippen molar-refractivity contribution in [2.45, 2.75) is 0 Å². The molecule has 0 bridgehead atoms. The molecule has 94 valence electrons. The number of oxazole rings is 1. The van der Waals surface area contributed by atoms with Crippen LogP contribution in [0.4, 0.5) is 0 Å². The number of carboxylic acids is 1. The molecular weight excluding hydrogens is 248 g/mol. The molecular formula is C13H8N2O4. The van der Waals surface area contributed by atoms with E-state index in [9.17, 15) is 4.79 Å². The zero-order valence-corrected chi connectivity index (χ0v) is 9.61. The number of ether oxygens (including phenoxy) is 1. The van der Waals surface area contributed by atoms with E-state index in [1.807, 2.05) is 0 Å². The van der Waals surface area contributed by atoms with E-state index in [2.05, 4.69) is 9.97 Å². The van der Waals surface area contributed by atoms with Crippen molar-refractivity contribution >= 4 is 17.1 Å². The molecule has 6 heteroatoms. The minimum Gasteiger partial charge on any atom is -0.477 e. The molecule has 3 rings (SSSR count). The number of benzene rings is 1. The fourth-order valence-electron chi connectivity index (χ4n) is 1.65. The van der Waals surface area contributed by atoms with E-state index in [4.69, 9.17) is 14.3 Å². The summed E-state index contributed by atoms with van der Waals surface area (Å²) in [6, 6.07) is 7.99. The molecule has 2 aromatic heterocycles. The van der Waals surface area contributed by atoms with Gasteiger partial charge in [-0.2, -0.15) is 0 Å². The molecule has 0 saturated carbocycles. The van der Waals surface area contributed by atoms with Gasteiger partial charge in [-0.05, 0) is 24.3 Å². The molecule has 0 aliphatic carbocycles. The third-order valence-electron chi connectivity index (χ3n) is 2.52. The molecule has 0 amide bonds. The topological polar surface area (TPSA) is 85.5 Å². The summed E-state index contributed by atoms with van der Waals surface area (Å²) < 4.78 is 10.6. The van der Waals surface area contributed by atoms with Crippen molar-refractivity contribution in [3.8, 4) is 11.6 Å². The van der Waals surface area contributed by atoms with Crippen LogP contribution in [-0.2, 0) is 0 Å². The molecule has 0 unspecified atom stereocenters. The van der Waals surface area contributed by atoms with Crippen LogP contribution in [0.5, 0.6) is 11.6 Å². The minimum atomic E-state index is -1.09. The quantitative estimate of drug-likeness (QED) is 0.775. The summed E-state index contributed by atoms with van der Waals surface area (Å²) in [5, 5.41) is 9.03. The van der Waals surface area contributed by atoms with Crippen LogP contribution in [-0.4, -0.2) is 21.0 Å². The third kappa shape index (κ3) is 2.11. The van der Waals surface area contributed by atoms with Crippen LogP contribution in [0.1, 0.15) is 10.4 Å². The van der Waals surface area contributed by atoms with Crippen molar-refractivity contribution in [3.63, 3.8) is 0 Å². The van der Waals surface area contributed by atoms with Gasteiger partial charge in [0.2, 0.25) is 5.88 Å². The number of hydrogen-bond acceptors (Lipinski definition) is 5. The van der Waals surface area contributed by atoms with Crippen molar-refractivity contribution in [2.24, 2.45) is 0 Å². The predicted molar refractivity (Wildman–Crippen MR) is 65.3 cm³/mol. The summed E-state index contributed by atoms with van der Waals surface area (Å²) in [5.41, 5.74) is 1.26. The van der Waals surface area contributed by atoms with E-state index in [0.29, 0.717) is 16.8 Å². The Morgan fingerprint density at radius 3 is 3.00 bits per heavy atom. The molecule has 0 aliphatic rings. The Bertz CT molecular complexity index is 751. The SMILES string of the molecule is O=C(O)c1cccnc1Oc1ccc2ncoc2c1. The molecule has 0 fully saturated rings. The maximum atomic E-state index is 11.0. The zero-order chi connectivity index (χ0) is 13.2. The fourth-order valence-corrected chi connectivity index (χ4v) is 1.65. The summed E-state index contributed by atoms with van der Waals surface area (Å²) in [7, 11) is 0. The first kappa shape index (κ1) is 11.2.